The van der Waals surface area contributed by atoms with Crippen LogP contribution in [-0.4, -0.2) is 38.6 Å². The topological polar surface area (TPSA) is 98.5 Å². The third-order valence-corrected chi connectivity index (χ3v) is 4.08. The Hall–Kier alpha value is -2.81. The first-order chi connectivity index (χ1) is 12.0. The lowest BCUT2D eigenvalue weighted by Gasteiger charge is -2.16. The third-order valence-electron chi connectivity index (χ3n) is 3.55. The van der Waals surface area contributed by atoms with Gasteiger partial charge < -0.3 is 10.1 Å². The number of hydrogen-bond donors (Lipinski definition) is 1. The molecule has 0 radical (unpaired) electrons. The van der Waals surface area contributed by atoms with E-state index in [9.17, 15) is 9.59 Å². The quantitative estimate of drug-likeness (QED) is 0.667. The molecule has 128 valence electrons. The van der Waals surface area contributed by atoms with Crippen molar-refractivity contribution in [3.63, 3.8) is 0 Å². The second-order valence-corrected chi connectivity index (χ2v) is 6.13. The number of carbonyl (C=O) groups excluding carboxylic acids is 2. The highest BCUT2D eigenvalue weighted by atomic mass is 79.9. The summed E-state index contributed by atoms with van der Waals surface area (Å²) in [4.78, 5) is 32.7. The molecule has 0 saturated heterocycles. The van der Waals surface area contributed by atoms with Crippen LogP contribution in [0.5, 0.6) is 0 Å². The van der Waals surface area contributed by atoms with Crippen molar-refractivity contribution in [2.45, 2.75) is 13.0 Å². The highest BCUT2D eigenvalue weighted by Gasteiger charge is 2.26. The number of nitrogens with zero attached hydrogens (tertiary/aromatic N) is 4. The molecule has 0 aliphatic heterocycles. The minimum atomic E-state index is -0.966. The highest BCUT2D eigenvalue weighted by Crippen LogP contribution is 2.18. The van der Waals surface area contributed by atoms with E-state index >= 15 is 0 Å². The van der Waals surface area contributed by atoms with E-state index in [1.54, 1.807) is 36.5 Å². The second kappa shape index (κ2) is 6.98. The average Bonchev–Trinajstić information content (AvgIpc) is 3.05. The number of rotatable bonds is 4. The highest BCUT2D eigenvalue weighted by molar-refractivity contribution is 9.10. The van der Waals surface area contributed by atoms with Crippen LogP contribution in [0, 0.1) is 6.92 Å². The maximum absolute atomic E-state index is 12.5. The Bertz CT molecular complexity index is 939. The summed E-state index contributed by atoms with van der Waals surface area (Å²) < 4.78 is 7.10. The van der Waals surface area contributed by atoms with Gasteiger partial charge in [-0.3, -0.25) is 4.79 Å². The van der Waals surface area contributed by atoms with Crippen molar-refractivity contribution in [2.24, 2.45) is 0 Å². The van der Waals surface area contributed by atoms with Gasteiger partial charge >= 0.3 is 5.97 Å². The molecule has 0 saturated carbocycles. The number of fused-ring (bicyclic) bond motifs is 1. The number of hydrogen-bond acceptors (Lipinski definition) is 6. The molecule has 1 atom stereocenters. The fraction of sp³-hybridized carbons (Fsp3) is 0.188. The number of amides is 1. The lowest BCUT2D eigenvalue weighted by Crippen LogP contribution is -2.35. The molecule has 2 heterocycles. The van der Waals surface area contributed by atoms with Crippen LogP contribution in [0.1, 0.15) is 27.9 Å². The van der Waals surface area contributed by atoms with Crippen molar-refractivity contribution < 1.29 is 14.3 Å². The van der Waals surface area contributed by atoms with E-state index in [2.05, 4.69) is 36.3 Å². The first-order valence-corrected chi connectivity index (χ1v) is 8.11. The lowest BCUT2D eigenvalue weighted by molar-refractivity contribution is -0.143. The zero-order valence-electron chi connectivity index (χ0n) is 13.4. The molecule has 1 aromatic carbocycles. The molecule has 3 aromatic rings. The maximum atomic E-state index is 12.5. The van der Waals surface area contributed by atoms with Crippen LogP contribution in [0.3, 0.4) is 0 Å². The van der Waals surface area contributed by atoms with Crippen LogP contribution < -0.4 is 5.32 Å². The smallest absolute Gasteiger partial charge is 0.333 e. The fourth-order valence-electron chi connectivity index (χ4n) is 2.25. The number of halogens is 1. The van der Waals surface area contributed by atoms with Crippen molar-refractivity contribution in [1.29, 1.82) is 0 Å². The number of esters is 1. The van der Waals surface area contributed by atoms with Gasteiger partial charge in [-0.05, 0) is 30.7 Å². The summed E-state index contributed by atoms with van der Waals surface area (Å²) >= 11 is 3.33. The Labute approximate surface area is 151 Å². The van der Waals surface area contributed by atoms with Crippen LogP contribution in [0.2, 0.25) is 0 Å². The number of methoxy groups -OCH3 is 1. The van der Waals surface area contributed by atoms with Gasteiger partial charge in [-0.1, -0.05) is 28.1 Å². The molecule has 0 fully saturated rings. The minimum absolute atomic E-state index is 0.0761. The summed E-state index contributed by atoms with van der Waals surface area (Å²) in [5.41, 5.74) is 1.37. The van der Waals surface area contributed by atoms with E-state index in [4.69, 9.17) is 4.74 Å². The van der Waals surface area contributed by atoms with Gasteiger partial charge in [0.1, 0.15) is 0 Å². The van der Waals surface area contributed by atoms with Crippen LogP contribution in [-0.2, 0) is 9.53 Å². The fourth-order valence-corrected chi connectivity index (χ4v) is 2.51. The number of aromatic nitrogens is 4. The van der Waals surface area contributed by atoms with Crippen LogP contribution in [0.25, 0.3) is 5.78 Å². The Balaban J connectivity index is 1.90. The minimum Gasteiger partial charge on any atom is -0.467 e. The summed E-state index contributed by atoms with van der Waals surface area (Å²) in [6.45, 7) is 1.82. The Morgan fingerprint density at radius 1 is 1.24 bits per heavy atom. The zero-order chi connectivity index (χ0) is 18.0. The molecule has 1 amide bonds. The van der Waals surface area contributed by atoms with Gasteiger partial charge in [-0.25, -0.2) is 14.3 Å². The Morgan fingerprint density at radius 2 is 1.96 bits per heavy atom. The van der Waals surface area contributed by atoms with E-state index in [-0.39, 0.29) is 5.82 Å². The summed E-state index contributed by atoms with van der Waals surface area (Å²) in [6, 6.07) is 7.76. The molecule has 1 N–H and O–H groups in total. The summed E-state index contributed by atoms with van der Waals surface area (Å²) in [6.07, 6.45) is 1.58. The summed E-state index contributed by atoms with van der Waals surface area (Å²) in [5, 5.41) is 6.73. The molecule has 0 spiro atoms. The molecule has 0 bridgehead atoms. The molecule has 3 rings (SSSR count). The molecular weight excluding hydrogens is 390 g/mol. The number of carbonyl (C=O) groups is 2. The van der Waals surface area contributed by atoms with Crippen molar-refractivity contribution in [2.75, 3.05) is 7.11 Å². The van der Waals surface area contributed by atoms with Crippen molar-refractivity contribution >= 4 is 33.6 Å². The van der Waals surface area contributed by atoms with Gasteiger partial charge in [0.05, 0.1) is 7.11 Å². The molecular formula is C16H14BrN5O3. The van der Waals surface area contributed by atoms with E-state index in [1.807, 2.05) is 6.92 Å². The van der Waals surface area contributed by atoms with Gasteiger partial charge in [-0.2, -0.15) is 4.98 Å². The second-order valence-electron chi connectivity index (χ2n) is 5.21. The van der Waals surface area contributed by atoms with Gasteiger partial charge in [0.15, 0.2) is 6.04 Å². The largest absolute Gasteiger partial charge is 0.467 e. The van der Waals surface area contributed by atoms with Crippen LogP contribution >= 0.6 is 15.9 Å². The number of nitrogens with one attached hydrogen (secondary N) is 1. The average molecular weight is 404 g/mol. The first-order valence-electron chi connectivity index (χ1n) is 7.32. The van der Waals surface area contributed by atoms with E-state index in [1.165, 1.54) is 11.6 Å². The molecule has 9 heteroatoms. The normalized spacial score (nSPS) is 12.0. The molecule has 2 aromatic heterocycles. The molecule has 1 unspecified atom stereocenters. The predicted octanol–water partition coefficient (Wildman–Crippen LogP) is 1.84. The monoisotopic (exact) mass is 403 g/mol. The molecule has 8 nitrogen and oxygen atoms in total. The van der Waals surface area contributed by atoms with E-state index in [0.29, 0.717) is 11.3 Å². The van der Waals surface area contributed by atoms with Gasteiger partial charge in [-0.15, -0.1) is 5.10 Å². The third kappa shape index (κ3) is 3.50. The van der Waals surface area contributed by atoms with Crippen molar-refractivity contribution in [1.82, 2.24) is 24.9 Å². The molecule has 0 aliphatic rings. The lowest BCUT2D eigenvalue weighted by atomic mass is 10.1. The van der Waals surface area contributed by atoms with E-state index < -0.39 is 17.9 Å². The molecule has 0 aliphatic carbocycles. The van der Waals surface area contributed by atoms with Crippen LogP contribution in [0.4, 0.5) is 0 Å². The Kier molecular flexibility index (Phi) is 4.75. The SMILES string of the molecule is COC(=O)C(NC(=O)c1nc2nccc(C)n2n1)c1ccc(Br)cc1. The maximum Gasteiger partial charge on any atom is 0.333 e. The van der Waals surface area contributed by atoms with Crippen molar-refractivity contribution in [3.05, 3.63) is 58.1 Å². The number of aryl methyl sites for hydroxylation is 1. The number of benzene rings is 1. The molecule has 25 heavy (non-hydrogen) atoms. The van der Waals surface area contributed by atoms with Crippen LogP contribution in [0.15, 0.2) is 41.0 Å². The Morgan fingerprint density at radius 3 is 2.60 bits per heavy atom. The summed E-state index contributed by atoms with van der Waals surface area (Å²) in [7, 11) is 1.26. The summed E-state index contributed by atoms with van der Waals surface area (Å²) in [5.74, 6) is -0.951. The zero-order valence-corrected chi connectivity index (χ0v) is 15.0. The van der Waals surface area contributed by atoms with Crippen molar-refractivity contribution in [3.8, 4) is 0 Å². The van der Waals surface area contributed by atoms with Gasteiger partial charge in [0.2, 0.25) is 5.82 Å². The van der Waals surface area contributed by atoms with Gasteiger partial charge in [0, 0.05) is 16.4 Å². The number of ether oxygens (including phenoxy) is 1. The van der Waals surface area contributed by atoms with E-state index in [0.717, 1.165) is 10.2 Å². The predicted molar refractivity (Wildman–Crippen MR) is 91.9 cm³/mol. The van der Waals surface area contributed by atoms with Gasteiger partial charge in [0.25, 0.3) is 11.7 Å². The standard InChI is InChI=1S/C16H14BrN5O3/c1-9-7-8-18-16-20-13(21-22(9)16)14(23)19-12(15(24)25-2)10-3-5-11(17)6-4-10/h3-8,12H,1-2H3,(H,19,23). The first kappa shape index (κ1) is 17.0.